The molecule has 1 amide bonds. The molecule has 0 aliphatic carbocycles. The molecule has 6 N–H and O–H groups in total. The molecule has 0 radical (unpaired) electrons. The highest BCUT2D eigenvalue weighted by Gasteiger charge is 2.47. The molecule has 0 aromatic heterocycles. The van der Waals surface area contributed by atoms with Gasteiger partial charge >= 0.3 is 5.97 Å². The molecule has 8 unspecified atom stereocenters. The minimum absolute atomic E-state index is 0.0103. The fraction of sp³-hybridized carbons (Fsp3) is 0.778. The van der Waals surface area contributed by atoms with Gasteiger partial charge < -0.3 is 45.1 Å². The number of hydrogen-bond donors (Lipinski definition) is 6. The second-order valence-corrected chi connectivity index (χ2v) is 17.9. The number of esters is 1. The number of amides is 1. The Labute approximate surface area is 395 Å². The van der Waals surface area contributed by atoms with Crippen molar-refractivity contribution in [3.8, 4) is 0 Å². The summed E-state index contributed by atoms with van der Waals surface area (Å²) in [7, 11) is 0. The lowest BCUT2D eigenvalue weighted by Crippen LogP contribution is -2.61. The number of unbranched alkanes of at least 4 members (excludes halogenated alkanes) is 21. The molecule has 11 heteroatoms. The summed E-state index contributed by atoms with van der Waals surface area (Å²) in [6.07, 6.45) is 40.3. The number of aliphatic hydroxyl groups is 5. The molecule has 0 aromatic rings. The number of allylic oxidation sites excluding steroid dienone is 8. The number of nitrogens with one attached hydrogen (secondary N) is 1. The van der Waals surface area contributed by atoms with Gasteiger partial charge in [-0.15, -0.1) is 0 Å². The van der Waals surface area contributed by atoms with Crippen molar-refractivity contribution in [3.63, 3.8) is 0 Å². The highest BCUT2D eigenvalue weighted by molar-refractivity contribution is 5.81. The molecule has 8 atom stereocenters. The first kappa shape index (κ1) is 60.4. The maximum Gasteiger partial charge on any atom is 0.306 e. The smallest absolute Gasteiger partial charge is 0.306 e. The number of aliphatic hydroxyl groups excluding tert-OH is 5. The first-order valence-electron chi connectivity index (χ1n) is 26.1. The van der Waals surface area contributed by atoms with Gasteiger partial charge in [0, 0.05) is 12.8 Å². The quantitative estimate of drug-likeness (QED) is 0.0196. The van der Waals surface area contributed by atoms with Crippen molar-refractivity contribution in [2.24, 2.45) is 0 Å². The van der Waals surface area contributed by atoms with Gasteiger partial charge in [0.15, 0.2) is 12.4 Å². The van der Waals surface area contributed by atoms with Crippen LogP contribution in [0.3, 0.4) is 0 Å². The molecule has 65 heavy (non-hydrogen) atoms. The van der Waals surface area contributed by atoms with Gasteiger partial charge in [-0.2, -0.15) is 0 Å². The molecule has 0 saturated carbocycles. The predicted octanol–water partition coefficient (Wildman–Crippen LogP) is 10.7. The summed E-state index contributed by atoms with van der Waals surface area (Å²) in [5.74, 6) is -1.34. The van der Waals surface area contributed by atoms with Crippen molar-refractivity contribution in [2.45, 2.75) is 256 Å². The first-order chi connectivity index (χ1) is 31.7. The maximum absolute atomic E-state index is 13.3. The summed E-state index contributed by atoms with van der Waals surface area (Å²) in [6, 6.07) is -1.06. The maximum atomic E-state index is 13.3. The minimum atomic E-state index is -1.64. The van der Waals surface area contributed by atoms with Gasteiger partial charge in [0.2, 0.25) is 5.91 Å². The highest BCUT2D eigenvalue weighted by atomic mass is 16.7. The van der Waals surface area contributed by atoms with E-state index >= 15 is 0 Å². The zero-order chi connectivity index (χ0) is 47.6. The molecule has 1 heterocycles. The van der Waals surface area contributed by atoms with Crippen molar-refractivity contribution in [2.75, 3.05) is 13.2 Å². The van der Waals surface area contributed by atoms with E-state index in [1.54, 1.807) is 12.2 Å². The van der Waals surface area contributed by atoms with E-state index in [1.807, 2.05) is 24.3 Å². The van der Waals surface area contributed by atoms with Crippen LogP contribution in [0.5, 0.6) is 0 Å². The summed E-state index contributed by atoms with van der Waals surface area (Å²) in [5, 5.41) is 56.4. The van der Waals surface area contributed by atoms with Crippen LogP contribution in [0.15, 0.2) is 60.8 Å². The molecule has 11 nitrogen and oxygen atoms in total. The van der Waals surface area contributed by atoms with Gasteiger partial charge in [-0.3, -0.25) is 9.59 Å². The zero-order valence-electron chi connectivity index (χ0n) is 41.1. The van der Waals surface area contributed by atoms with Gasteiger partial charge in [-0.25, -0.2) is 0 Å². The topological polar surface area (TPSA) is 175 Å². The average molecular weight is 918 g/mol. The number of ether oxygens (including phenoxy) is 3. The predicted molar refractivity (Wildman–Crippen MR) is 264 cm³/mol. The third-order valence-corrected chi connectivity index (χ3v) is 11.9. The number of rotatable bonds is 42. The molecule has 0 bridgehead atoms. The van der Waals surface area contributed by atoms with Crippen molar-refractivity contribution in [1.29, 1.82) is 0 Å². The van der Waals surface area contributed by atoms with E-state index in [2.05, 4.69) is 50.4 Å². The second-order valence-electron chi connectivity index (χ2n) is 17.9. The minimum Gasteiger partial charge on any atom is -0.454 e. The molecular weight excluding hydrogens is 823 g/mol. The lowest BCUT2D eigenvalue weighted by Gasteiger charge is -2.41. The number of carbonyl (C=O) groups is 2. The van der Waals surface area contributed by atoms with Crippen LogP contribution in [0.25, 0.3) is 0 Å². The van der Waals surface area contributed by atoms with Crippen LogP contribution < -0.4 is 5.32 Å². The summed E-state index contributed by atoms with van der Waals surface area (Å²) in [4.78, 5) is 26.2. The molecule has 1 aliphatic heterocycles. The number of carbonyl (C=O) groups excluding carboxylic acids is 2. The highest BCUT2D eigenvalue weighted by Crippen LogP contribution is 2.26. The average Bonchev–Trinajstić information content (AvgIpc) is 3.30. The Kier molecular flexibility index (Phi) is 39.7. The third kappa shape index (κ3) is 31.9. The van der Waals surface area contributed by atoms with Crippen LogP contribution >= 0.6 is 0 Å². The zero-order valence-corrected chi connectivity index (χ0v) is 41.1. The fourth-order valence-electron chi connectivity index (χ4n) is 7.69. The van der Waals surface area contributed by atoms with E-state index in [4.69, 9.17) is 14.2 Å². The molecule has 0 spiro atoms. The lowest BCUT2D eigenvalue weighted by atomic mass is 9.99. The Hall–Kier alpha value is -2.64. The van der Waals surface area contributed by atoms with Crippen LogP contribution in [0, 0.1) is 0 Å². The Morgan fingerprint density at radius 1 is 0.600 bits per heavy atom. The summed E-state index contributed by atoms with van der Waals surface area (Å²) >= 11 is 0. The van der Waals surface area contributed by atoms with Crippen LogP contribution in [-0.2, 0) is 23.8 Å². The van der Waals surface area contributed by atoms with Gasteiger partial charge in [0.1, 0.15) is 24.4 Å². The van der Waals surface area contributed by atoms with Crippen molar-refractivity contribution < 1.29 is 49.3 Å². The monoisotopic (exact) mass is 918 g/mol. The van der Waals surface area contributed by atoms with E-state index in [-0.39, 0.29) is 19.4 Å². The second kappa shape index (κ2) is 42.7. The summed E-state index contributed by atoms with van der Waals surface area (Å²) in [5.41, 5.74) is 0. The van der Waals surface area contributed by atoms with Gasteiger partial charge in [-0.1, -0.05) is 197 Å². The SMILES string of the molecule is CCCCCCCC/C=C\C/C=C/CCC(=O)OC1C(OCC(NC(=O)C(O)C/C=C/C/C=C\CCCCCCCC)C(O)/C=C/CCCCCCCCCCC)OC(CO)C(O)C1O. The molecule has 1 aliphatic rings. The Bertz CT molecular complexity index is 1280. The van der Waals surface area contributed by atoms with Crippen molar-refractivity contribution in [1.82, 2.24) is 5.32 Å². The summed E-state index contributed by atoms with van der Waals surface area (Å²) < 4.78 is 17.4. The Morgan fingerprint density at radius 3 is 1.57 bits per heavy atom. The van der Waals surface area contributed by atoms with Crippen LogP contribution in [0.2, 0.25) is 0 Å². The van der Waals surface area contributed by atoms with E-state index in [0.29, 0.717) is 12.8 Å². The van der Waals surface area contributed by atoms with E-state index in [1.165, 1.54) is 116 Å². The molecule has 0 aromatic carbocycles. The van der Waals surface area contributed by atoms with Gasteiger partial charge in [0.25, 0.3) is 0 Å². The molecule has 1 saturated heterocycles. The van der Waals surface area contributed by atoms with Crippen LogP contribution in [0.4, 0.5) is 0 Å². The summed E-state index contributed by atoms with van der Waals surface area (Å²) in [6.45, 7) is 5.65. The lowest BCUT2D eigenvalue weighted by molar-refractivity contribution is -0.305. The van der Waals surface area contributed by atoms with Gasteiger partial charge in [0.05, 0.1) is 25.4 Å². The Balaban J connectivity index is 2.86. The van der Waals surface area contributed by atoms with E-state index in [0.717, 1.165) is 44.9 Å². The molecular formula is C54H95NO10. The number of hydrogen-bond acceptors (Lipinski definition) is 10. The van der Waals surface area contributed by atoms with E-state index < -0.39 is 67.4 Å². The normalized spacial score (nSPS) is 20.8. The fourth-order valence-corrected chi connectivity index (χ4v) is 7.69. The Morgan fingerprint density at radius 2 is 1.06 bits per heavy atom. The molecule has 1 fully saturated rings. The third-order valence-electron chi connectivity index (χ3n) is 11.9. The molecule has 1 rings (SSSR count). The largest absolute Gasteiger partial charge is 0.454 e. The first-order valence-corrected chi connectivity index (χ1v) is 26.1. The van der Waals surface area contributed by atoms with Crippen molar-refractivity contribution >= 4 is 11.9 Å². The van der Waals surface area contributed by atoms with Gasteiger partial charge in [-0.05, 0) is 57.8 Å². The van der Waals surface area contributed by atoms with Crippen LogP contribution in [-0.4, -0.2) is 99.6 Å². The van der Waals surface area contributed by atoms with E-state index in [9.17, 15) is 35.1 Å². The molecule has 376 valence electrons. The van der Waals surface area contributed by atoms with Crippen LogP contribution in [0.1, 0.15) is 207 Å². The standard InChI is InChI=1S/C54H95NO10/c1-4-7-10-13-16-19-22-24-27-30-33-36-39-42-49(59)65-52-51(61)50(60)48(43-56)64-54(52)63-44-45(46(57)40-37-34-31-28-25-21-18-15-12-9-6-3)55-53(62)47(58)41-38-35-32-29-26-23-20-17-14-11-8-5-2/h24,26-27,29,33,35-38,40,45-48,50-52,54,56-58,60-61H,4-23,25,28,30-32,34,39,41-44H2,1-3H3,(H,55,62)/b27-24-,29-26-,36-33+,38-35+,40-37+. The van der Waals surface area contributed by atoms with Crippen molar-refractivity contribution in [3.05, 3.63) is 60.8 Å².